The highest BCUT2D eigenvalue weighted by molar-refractivity contribution is 5.94. The molecule has 5 aromatic rings. The lowest BCUT2D eigenvalue weighted by molar-refractivity contribution is -0.116. The van der Waals surface area contributed by atoms with Crippen LogP contribution in [0.1, 0.15) is 32.6 Å². The van der Waals surface area contributed by atoms with E-state index in [4.69, 9.17) is 9.97 Å². The van der Waals surface area contributed by atoms with Crippen molar-refractivity contribution in [3.05, 3.63) is 72.9 Å². The van der Waals surface area contributed by atoms with Gasteiger partial charge < -0.3 is 10.6 Å². The number of amides is 1. The lowest BCUT2D eigenvalue weighted by Crippen LogP contribution is -2.11. The van der Waals surface area contributed by atoms with E-state index in [0.29, 0.717) is 12.2 Å². The average Bonchev–Trinajstić information content (AvgIpc) is 3.32. The number of unbranched alkanes of at least 4 members (excludes halogenated alkanes) is 2. The normalized spacial score (nSPS) is 11.1. The molecule has 0 aliphatic carbocycles. The van der Waals surface area contributed by atoms with Gasteiger partial charge in [-0.05, 0) is 48.9 Å². The van der Waals surface area contributed by atoms with Gasteiger partial charge in [-0.3, -0.25) is 9.89 Å². The predicted molar refractivity (Wildman–Crippen MR) is 137 cm³/mol. The number of hydrogen-bond donors (Lipinski definition) is 3. The highest BCUT2D eigenvalue weighted by Gasteiger charge is 2.11. The standard InChI is InChI=1S/C27H26N6O/c1-2-3-4-12-25(34)29-20-9-7-8-18(15-20)26-31-24-11-6-5-10-22(24)27(32-26)30-21-13-14-23-19(16-21)17-28-33-23/h5-11,13-17H,2-4,12H2,1H3,(H,28,33)(H,29,34)(H,30,31,32). The van der Waals surface area contributed by atoms with Gasteiger partial charge in [0, 0.05) is 34.1 Å². The molecule has 0 spiro atoms. The maximum atomic E-state index is 12.3. The third kappa shape index (κ3) is 4.73. The third-order valence-corrected chi connectivity index (χ3v) is 5.72. The van der Waals surface area contributed by atoms with E-state index in [1.54, 1.807) is 6.20 Å². The predicted octanol–water partition coefficient (Wildman–Crippen LogP) is 6.44. The Morgan fingerprint density at radius 2 is 1.85 bits per heavy atom. The monoisotopic (exact) mass is 450 g/mol. The SMILES string of the molecule is CCCCCC(=O)Nc1cccc(-c2nc(Nc3ccc4[nH]ncc4c3)c3ccccc3n2)c1. The highest BCUT2D eigenvalue weighted by atomic mass is 16.1. The summed E-state index contributed by atoms with van der Waals surface area (Å²) in [6.07, 6.45) is 5.37. The number of rotatable bonds is 8. The molecule has 0 fully saturated rings. The van der Waals surface area contributed by atoms with Crippen LogP contribution in [0.4, 0.5) is 17.2 Å². The molecule has 0 radical (unpaired) electrons. The minimum atomic E-state index is 0.0297. The minimum absolute atomic E-state index is 0.0297. The fourth-order valence-corrected chi connectivity index (χ4v) is 3.95. The number of carbonyl (C=O) groups excluding carboxylic acids is 1. The second-order valence-corrected chi connectivity index (χ2v) is 8.30. The molecular weight excluding hydrogens is 424 g/mol. The van der Waals surface area contributed by atoms with Crippen LogP contribution in [0.5, 0.6) is 0 Å². The summed E-state index contributed by atoms with van der Waals surface area (Å²) in [5.74, 6) is 1.34. The van der Waals surface area contributed by atoms with Gasteiger partial charge in [-0.2, -0.15) is 5.10 Å². The quantitative estimate of drug-likeness (QED) is 0.237. The summed E-state index contributed by atoms with van der Waals surface area (Å²) in [5.41, 5.74) is 4.32. The van der Waals surface area contributed by atoms with E-state index in [0.717, 1.165) is 63.8 Å². The molecule has 2 aromatic heterocycles. The molecule has 0 atom stereocenters. The molecule has 0 saturated carbocycles. The van der Waals surface area contributed by atoms with Gasteiger partial charge in [-0.15, -0.1) is 0 Å². The number of H-pyrrole nitrogens is 1. The summed E-state index contributed by atoms with van der Waals surface area (Å²) in [5, 5.41) is 15.5. The van der Waals surface area contributed by atoms with Gasteiger partial charge in [-0.1, -0.05) is 44.0 Å². The first kappa shape index (κ1) is 21.6. The Kier molecular flexibility index (Phi) is 6.16. The van der Waals surface area contributed by atoms with Crippen LogP contribution >= 0.6 is 0 Å². The summed E-state index contributed by atoms with van der Waals surface area (Å²) in [6, 6.07) is 21.6. The Morgan fingerprint density at radius 3 is 2.76 bits per heavy atom. The number of fused-ring (bicyclic) bond motifs is 2. The van der Waals surface area contributed by atoms with E-state index < -0.39 is 0 Å². The van der Waals surface area contributed by atoms with Crippen molar-refractivity contribution in [1.82, 2.24) is 20.2 Å². The van der Waals surface area contributed by atoms with Crippen molar-refractivity contribution < 1.29 is 4.79 Å². The van der Waals surface area contributed by atoms with E-state index in [-0.39, 0.29) is 5.91 Å². The molecule has 1 amide bonds. The lowest BCUT2D eigenvalue weighted by Gasteiger charge is -2.12. The van der Waals surface area contributed by atoms with Crippen molar-refractivity contribution >= 4 is 44.9 Å². The molecule has 3 aromatic carbocycles. The number of aromatic amines is 1. The van der Waals surface area contributed by atoms with Crippen molar-refractivity contribution in [1.29, 1.82) is 0 Å². The van der Waals surface area contributed by atoms with E-state index in [1.165, 1.54) is 0 Å². The van der Waals surface area contributed by atoms with Gasteiger partial charge in [0.05, 0.1) is 17.2 Å². The van der Waals surface area contributed by atoms with E-state index in [9.17, 15) is 4.79 Å². The molecule has 0 bridgehead atoms. The molecule has 0 saturated heterocycles. The van der Waals surface area contributed by atoms with Crippen molar-refractivity contribution in [3.8, 4) is 11.4 Å². The Labute approximate surface area is 197 Å². The number of anilines is 3. The zero-order valence-electron chi connectivity index (χ0n) is 19.0. The van der Waals surface area contributed by atoms with E-state index >= 15 is 0 Å². The van der Waals surface area contributed by atoms with E-state index in [1.807, 2.05) is 66.7 Å². The summed E-state index contributed by atoms with van der Waals surface area (Å²) in [4.78, 5) is 21.9. The van der Waals surface area contributed by atoms with Gasteiger partial charge in [0.1, 0.15) is 5.82 Å². The summed E-state index contributed by atoms with van der Waals surface area (Å²) < 4.78 is 0. The van der Waals surface area contributed by atoms with Crippen LogP contribution in [0.25, 0.3) is 33.2 Å². The Morgan fingerprint density at radius 1 is 0.941 bits per heavy atom. The molecule has 2 heterocycles. The summed E-state index contributed by atoms with van der Waals surface area (Å²) in [6.45, 7) is 2.13. The van der Waals surface area contributed by atoms with Crippen LogP contribution in [0, 0.1) is 0 Å². The third-order valence-electron chi connectivity index (χ3n) is 5.72. The topological polar surface area (TPSA) is 95.6 Å². The number of para-hydroxylation sites is 1. The first-order chi connectivity index (χ1) is 16.7. The smallest absolute Gasteiger partial charge is 0.224 e. The molecule has 0 aliphatic rings. The van der Waals surface area contributed by atoms with Gasteiger partial charge in [0.15, 0.2) is 5.82 Å². The highest BCUT2D eigenvalue weighted by Crippen LogP contribution is 2.29. The van der Waals surface area contributed by atoms with Crippen LogP contribution in [-0.4, -0.2) is 26.1 Å². The molecule has 5 rings (SSSR count). The van der Waals surface area contributed by atoms with E-state index in [2.05, 4.69) is 27.8 Å². The maximum Gasteiger partial charge on any atom is 0.224 e. The van der Waals surface area contributed by atoms with Gasteiger partial charge >= 0.3 is 0 Å². The van der Waals surface area contributed by atoms with Crippen molar-refractivity contribution in [2.75, 3.05) is 10.6 Å². The number of benzene rings is 3. The zero-order valence-corrected chi connectivity index (χ0v) is 19.0. The Bertz CT molecular complexity index is 1460. The van der Waals surface area contributed by atoms with Crippen LogP contribution in [0.15, 0.2) is 72.9 Å². The Balaban J connectivity index is 1.46. The molecule has 7 nitrogen and oxygen atoms in total. The molecule has 34 heavy (non-hydrogen) atoms. The minimum Gasteiger partial charge on any atom is -0.340 e. The van der Waals surface area contributed by atoms with Gasteiger partial charge in [0.2, 0.25) is 5.91 Å². The largest absolute Gasteiger partial charge is 0.340 e. The molecule has 0 aliphatic heterocycles. The number of hydrogen-bond acceptors (Lipinski definition) is 5. The summed E-state index contributed by atoms with van der Waals surface area (Å²) >= 11 is 0. The molecule has 7 heteroatoms. The fourth-order valence-electron chi connectivity index (χ4n) is 3.95. The number of nitrogens with zero attached hydrogens (tertiary/aromatic N) is 3. The number of carbonyl (C=O) groups is 1. The van der Waals surface area contributed by atoms with Gasteiger partial charge in [0.25, 0.3) is 0 Å². The first-order valence-electron chi connectivity index (χ1n) is 11.6. The van der Waals surface area contributed by atoms with Crippen molar-refractivity contribution in [2.45, 2.75) is 32.6 Å². The number of nitrogens with one attached hydrogen (secondary N) is 3. The zero-order chi connectivity index (χ0) is 23.3. The van der Waals surface area contributed by atoms with Crippen molar-refractivity contribution in [2.24, 2.45) is 0 Å². The van der Waals surface area contributed by atoms with Crippen LogP contribution < -0.4 is 10.6 Å². The maximum absolute atomic E-state index is 12.3. The van der Waals surface area contributed by atoms with Crippen molar-refractivity contribution in [3.63, 3.8) is 0 Å². The lowest BCUT2D eigenvalue weighted by atomic mass is 10.1. The Hall–Kier alpha value is -4.26. The second-order valence-electron chi connectivity index (χ2n) is 8.30. The van der Waals surface area contributed by atoms with Crippen LogP contribution in [0.3, 0.4) is 0 Å². The first-order valence-corrected chi connectivity index (χ1v) is 11.6. The number of aromatic nitrogens is 4. The average molecular weight is 451 g/mol. The summed E-state index contributed by atoms with van der Waals surface area (Å²) in [7, 11) is 0. The van der Waals surface area contributed by atoms with Crippen LogP contribution in [0.2, 0.25) is 0 Å². The molecule has 3 N–H and O–H groups in total. The second kappa shape index (κ2) is 9.70. The molecule has 0 unspecified atom stereocenters. The molecular formula is C27H26N6O. The van der Waals surface area contributed by atoms with Gasteiger partial charge in [-0.25, -0.2) is 9.97 Å². The van der Waals surface area contributed by atoms with Crippen LogP contribution in [-0.2, 0) is 4.79 Å². The fraction of sp³-hybridized carbons (Fsp3) is 0.185. The molecule has 170 valence electrons.